The Morgan fingerprint density at radius 3 is 1.46 bits per heavy atom. The molecular formula is C76H42N12O3. The number of pyridine rings is 8. The van der Waals surface area contributed by atoms with Gasteiger partial charge in [-0.25, -0.2) is 0 Å². The van der Waals surface area contributed by atoms with E-state index in [0.29, 0.717) is 5.58 Å². The summed E-state index contributed by atoms with van der Waals surface area (Å²) in [5.74, 6) is 0. The molecule has 0 spiro atoms. The lowest BCUT2D eigenvalue weighted by Gasteiger charge is -2.18. The summed E-state index contributed by atoms with van der Waals surface area (Å²) >= 11 is 0. The molecule has 15 heteroatoms. The first-order valence-corrected chi connectivity index (χ1v) is 30.2. The zero-order chi connectivity index (χ0) is 59.2. The van der Waals surface area contributed by atoms with Crippen LogP contribution in [0.25, 0.3) is 189 Å². The molecular weight excluding hydrogens is 1130 g/mol. The van der Waals surface area contributed by atoms with Crippen LogP contribution in [0.4, 0.5) is 0 Å². The molecule has 15 aromatic heterocycles. The number of para-hydroxylation sites is 1. The van der Waals surface area contributed by atoms with Crippen LogP contribution in [0.1, 0.15) is 23.2 Å². The minimum absolute atomic E-state index is 0.715. The van der Waals surface area contributed by atoms with Crippen LogP contribution in [0.2, 0.25) is 0 Å². The quantitative estimate of drug-likeness (QED) is 0.156. The van der Waals surface area contributed by atoms with Crippen LogP contribution in [0, 0.1) is 0 Å². The second kappa shape index (κ2) is 18.0. The average Bonchev–Trinajstić information content (AvgIpc) is 1.61. The molecule has 0 radical (unpaired) electrons. The zero-order valence-electron chi connectivity index (χ0n) is 47.9. The van der Waals surface area contributed by atoms with Gasteiger partial charge >= 0.3 is 0 Å². The average molecular weight is 1170 g/mol. The number of hydrogen-bond donors (Lipinski definition) is 0. The van der Waals surface area contributed by atoms with Gasteiger partial charge in [0.2, 0.25) is 0 Å². The number of hydrogen-bond acceptors (Lipinski definition) is 11. The molecule has 0 saturated carbocycles. The second-order valence-electron chi connectivity index (χ2n) is 23.4. The molecule has 15 heterocycles. The van der Waals surface area contributed by atoms with Gasteiger partial charge in [0, 0.05) is 128 Å². The van der Waals surface area contributed by atoms with Gasteiger partial charge < -0.3 is 31.5 Å². The van der Waals surface area contributed by atoms with Crippen molar-refractivity contribution >= 4 is 155 Å². The summed E-state index contributed by atoms with van der Waals surface area (Å²) in [5.41, 5.74) is 28.0. The second-order valence-corrected chi connectivity index (χ2v) is 23.4. The minimum Gasteiger partial charge on any atom is -0.454 e. The first kappa shape index (κ1) is 48.5. The van der Waals surface area contributed by atoms with Gasteiger partial charge in [-0.3, -0.25) is 39.9 Å². The van der Waals surface area contributed by atoms with Gasteiger partial charge in [-0.2, -0.15) is 0 Å². The van der Waals surface area contributed by atoms with Crippen LogP contribution in [-0.4, -0.2) is 58.1 Å². The Bertz CT molecular complexity index is 6520. The summed E-state index contributed by atoms with van der Waals surface area (Å²) in [6.07, 6.45) is 20.7. The Kier molecular flexibility index (Phi) is 9.59. The molecule has 21 rings (SSSR count). The number of aromatic nitrogens is 12. The van der Waals surface area contributed by atoms with E-state index >= 15 is 0 Å². The van der Waals surface area contributed by atoms with Crippen molar-refractivity contribution in [2.45, 2.75) is 12.8 Å². The van der Waals surface area contributed by atoms with Gasteiger partial charge in [0.05, 0.1) is 49.8 Å². The summed E-state index contributed by atoms with van der Waals surface area (Å²) in [5, 5.41) is 5.99. The highest BCUT2D eigenvalue weighted by molar-refractivity contribution is 6.16. The Morgan fingerprint density at radius 1 is 0.319 bits per heavy atom. The Balaban J connectivity index is 0.653. The van der Waals surface area contributed by atoms with E-state index in [1.54, 1.807) is 0 Å². The van der Waals surface area contributed by atoms with E-state index in [9.17, 15) is 0 Å². The predicted molar refractivity (Wildman–Crippen MR) is 359 cm³/mol. The van der Waals surface area contributed by atoms with Crippen molar-refractivity contribution in [1.82, 2.24) is 58.1 Å². The van der Waals surface area contributed by atoms with E-state index in [0.717, 1.165) is 195 Å². The van der Waals surface area contributed by atoms with Crippen molar-refractivity contribution < 1.29 is 13.3 Å². The van der Waals surface area contributed by atoms with Crippen LogP contribution in [0.15, 0.2) is 239 Å². The van der Waals surface area contributed by atoms with E-state index < -0.39 is 0 Å². The van der Waals surface area contributed by atoms with Crippen molar-refractivity contribution in [2.75, 3.05) is 0 Å². The number of furan rings is 3. The van der Waals surface area contributed by atoms with Crippen LogP contribution in [-0.2, 0) is 6.42 Å². The summed E-state index contributed by atoms with van der Waals surface area (Å²) in [7, 11) is 0. The molecule has 0 N–H and O–H groups in total. The number of fused-ring (bicyclic) bond motifs is 21. The van der Waals surface area contributed by atoms with Crippen molar-refractivity contribution in [2.24, 2.45) is 0 Å². The first-order valence-electron chi connectivity index (χ1n) is 30.2. The van der Waals surface area contributed by atoms with Gasteiger partial charge in [0.25, 0.3) is 0 Å². The van der Waals surface area contributed by atoms with E-state index in [1.165, 1.54) is 11.3 Å². The zero-order valence-corrected chi connectivity index (χ0v) is 47.9. The highest BCUT2D eigenvalue weighted by atomic mass is 16.3. The maximum Gasteiger partial charge on any atom is 0.161 e. The Labute approximate surface area is 512 Å². The molecule has 0 unspecified atom stereocenters. The summed E-state index contributed by atoms with van der Waals surface area (Å²) in [6, 6.07) is 58.8. The number of nitrogens with zero attached hydrogens (tertiary/aromatic N) is 12. The Morgan fingerprint density at radius 2 is 0.835 bits per heavy atom. The van der Waals surface area contributed by atoms with Gasteiger partial charge in [-0.05, 0) is 182 Å². The van der Waals surface area contributed by atoms with Gasteiger partial charge in [-0.1, -0.05) is 18.2 Å². The maximum atomic E-state index is 6.98. The maximum absolute atomic E-state index is 6.98. The smallest absolute Gasteiger partial charge is 0.161 e. The highest BCUT2D eigenvalue weighted by Gasteiger charge is 2.27. The topological polar surface area (TPSA) is 162 Å². The van der Waals surface area contributed by atoms with Crippen LogP contribution >= 0.6 is 0 Å². The molecule has 0 atom stereocenters. The molecule has 5 aromatic carbocycles. The first-order chi connectivity index (χ1) is 45.1. The lowest BCUT2D eigenvalue weighted by Crippen LogP contribution is -2.05. The van der Waals surface area contributed by atoms with Crippen LogP contribution in [0.5, 0.6) is 0 Å². The van der Waals surface area contributed by atoms with E-state index in [4.69, 9.17) is 48.1 Å². The Hall–Kier alpha value is -12.6. The molecule has 0 saturated heterocycles. The largest absolute Gasteiger partial charge is 0.454 e. The third-order valence-corrected chi connectivity index (χ3v) is 18.7. The summed E-state index contributed by atoms with van der Waals surface area (Å²) < 4.78 is 29.6. The predicted octanol–water partition coefficient (Wildman–Crippen LogP) is 17.9. The molecule has 0 aliphatic heterocycles. The highest BCUT2D eigenvalue weighted by Crippen LogP contribution is 2.46. The van der Waals surface area contributed by atoms with Crippen molar-refractivity contribution in [1.29, 1.82) is 0 Å². The SMILES string of the molecule is C1=C(c2ccnc3c2oc2ccc(-n4c5cccnc5c5ncccc54)cc23)CCc2c1c1cnccc1n2-c1ccc2oc3c(-n4c5ccc(-c6ccnc7c6oc6ccc(-n8c9cccnc9c9ncccc98)cc67)cc5c5ncccc54)cccc3c2c1. The normalized spacial score (nSPS) is 13.0. The molecule has 0 bridgehead atoms. The van der Waals surface area contributed by atoms with Crippen molar-refractivity contribution in [3.05, 3.63) is 242 Å². The third-order valence-electron chi connectivity index (χ3n) is 18.7. The fourth-order valence-corrected chi connectivity index (χ4v) is 14.9. The molecule has 91 heavy (non-hydrogen) atoms. The van der Waals surface area contributed by atoms with Crippen molar-refractivity contribution in [3.8, 4) is 33.9 Å². The third kappa shape index (κ3) is 6.69. The summed E-state index contributed by atoms with van der Waals surface area (Å²) in [4.78, 5) is 38.5. The molecule has 424 valence electrons. The molecule has 20 aromatic rings. The van der Waals surface area contributed by atoms with E-state index in [1.807, 2.05) is 98.2 Å². The standard InChI is InChI=1S/C76H42N12O3/c1-7-48-50-37-43(85-55-19-14-41(35-49(55)54-40-77-32-26-57(54)85)46-24-33-83-68-52-38-44(17-22-65(52)90-75(46)68)86-59-10-3-28-79-70(59)71-60(86)11-4-29-80-71)16-21-64(50)89-74(48)63(8-1)88-56-20-15-42(36-51(56)67-58(88)9-2-27-78-67)47-25-34-84-69-53-39-45(18-23-66(53)91-76(47)69)87-61-12-5-30-81-72(61)73-62(87)13-6-31-82-73/h1-13,15-18,20-40H,14,19H2. The lowest BCUT2D eigenvalue weighted by atomic mass is 9.91. The molecule has 1 aliphatic rings. The summed E-state index contributed by atoms with van der Waals surface area (Å²) in [6.45, 7) is 0. The lowest BCUT2D eigenvalue weighted by molar-refractivity contribution is 0.666. The van der Waals surface area contributed by atoms with Crippen LogP contribution in [0.3, 0.4) is 0 Å². The van der Waals surface area contributed by atoms with Gasteiger partial charge in [-0.15, -0.1) is 0 Å². The number of allylic oxidation sites excluding steroid dienone is 1. The van der Waals surface area contributed by atoms with E-state index in [-0.39, 0.29) is 0 Å². The monoisotopic (exact) mass is 1170 g/mol. The fraction of sp³-hybridized carbons (Fsp3) is 0.0263. The number of rotatable bonds is 6. The van der Waals surface area contributed by atoms with Crippen LogP contribution < -0.4 is 0 Å². The van der Waals surface area contributed by atoms with Crippen molar-refractivity contribution in [3.63, 3.8) is 0 Å². The van der Waals surface area contributed by atoms with E-state index in [2.05, 4.69) is 157 Å². The molecule has 0 fully saturated rings. The minimum atomic E-state index is 0.715. The fourth-order valence-electron chi connectivity index (χ4n) is 14.9. The molecule has 1 aliphatic carbocycles. The number of benzene rings is 5. The molecule has 0 amide bonds. The molecule has 15 nitrogen and oxygen atoms in total. The van der Waals surface area contributed by atoms with Gasteiger partial charge in [0.1, 0.15) is 49.8 Å². The van der Waals surface area contributed by atoms with Gasteiger partial charge in [0.15, 0.2) is 16.7 Å².